The molecule has 0 aliphatic carbocycles. The van der Waals surface area contributed by atoms with Crippen molar-refractivity contribution in [1.29, 1.82) is 0 Å². The second kappa shape index (κ2) is 13.8. The molecule has 0 bridgehead atoms. The highest BCUT2D eigenvalue weighted by molar-refractivity contribution is 7.80. The molecule has 0 aliphatic heterocycles. The number of phosphoric ester groups is 1. The molecule has 0 aromatic rings. The molecule has 8 nitrogen and oxygen atoms in total. The van der Waals surface area contributed by atoms with E-state index < -0.39 is 19.2 Å². The highest BCUT2D eigenvalue weighted by Gasteiger charge is 2.16. The van der Waals surface area contributed by atoms with Gasteiger partial charge < -0.3 is 24.4 Å². The molecule has 0 rings (SSSR count). The minimum absolute atomic E-state index is 0.0771. The SMILES string of the molecule is COC(C)CCOC(S)COP(=O)(O)O.O=C(O)CCS. The zero-order valence-corrected chi connectivity index (χ0v) is 14.6. The maximum Gasteiger partial charge on any atom is 0.469 e. The van der Waals surface area contributed by atoms with E-state index in [2.05, 4.69) is 29.8 Å². The maximum absolute atomic E-state index is 10.3. The zero-order valence-electron chi connectivity index (χ0n) is 11.9. The van der Waals surface area contributed by atoms with Crippen LogP contribution >= 0.6 is 33.1 Å². The number of carboxylic acids is 1. The van der Waals surface area contributed by atoms with Crippen LogP contribution in [0, 0.1) is 0 Å². The number of carbonyl (C=O) groups is 1. The summed E-state index contributed by atoms with van der Waals surface area (Å²) in [4.78, 5) is 26.3. The van der Waals surface area contributed by atoms with Crippen LogP contribution in [-0.4, -0.2) is 58.5 Å². The minimum atomic E-state index is -4.43. The van der Waals surface area contributed by atoms with Crippen molar-refractivity contribution in [3.05, 3.63) is 0 Å². The first-order valence-corrected chi connectivity index (χ1v) is 8.65. The van der Waals surface area contributed by atoms with Crippen molar-refractivity contribution in [2.45, 2.75) is 31.3 Å². The lowest BCUT2D eigenvalue weighted by molar-refractivity contribution is -0.136. The van der Waals surface area contributed by atoms with Gasteiger partial charge in [-0.25, -0.2) is 4.57 Å². The fourth-order valence-corrected chi connectivity index (χ4v) is 1.61. The van der Waals surface area contributed by atoms with Gasteiger partial charge in [0, 0.05) is 12.9 Å². The van der Waals surface area contributed by atoms with Gasteiger partial charge >= 0.3 is 13.8 Å². The fourth-order valence-electron chi connectivity index (χ4n) is 0.793. The number of rotatable bonds is 10. The van der Waals surface area contributed by atoms with Crippen LogP contribution in [0.1, 0.15) is 19.8 Å². The quantitative estimate of drug-likeness (QED) is 0.222. The van der Waals surface area contributed by atoms with Crippen molar-refractivity contribution in [1.82, 2.24) is 0 Å². The first-order chi connectivity index (χ1) is 9.62. The average molecular weight is 366 g/mol. The van der Waals surface area contributed by atoms with Crippen molar-refractivity contribution in [2.75, 3.05) is 26.1 Å². The van der Waals surface area contributed by atoms with Gasteiger partial charge in [0.25, 0.3) is 0 Å². The summed E-state index contributed by atoms with van der Waals surface area (Å²) in [6, 6.07) is 0. The van der Waals surface area contributed by atoms with Gasteiger partial charge in [0.15, 0.2) is 0 Å². The van der Waals surface area contributed by atoms with E-state index >= 15 is 0 Å². The van der Waals surface area contributed by atoms with Crippen molar-refractivity contribution in [3.8, 4) is 0 Å². The second-order valence-corrected chi connectivity index (χ2v) is 6.08. The van der Waals surface area contributed by atoms with Gasteiger partial charge in [-0.1, -0.05) is 0 Å². The number of hydrogen-bond acceptors (Lipinski definition) is 7. The summed E-state index contributed by atoms with van der Waals surface area (Å²) >= 11 is 7.62. The Morgan fingerprint density at radius 3 is 2.29 bits per heavy atom. The molecule has 2 atom stereocenters. The standard InChI is InChI=1S/C7H17O6PS.C3H6O2S/c1-6(11-2)3-4-12-7(15)5-13-14(8,9)10;4-3(5)1-2-6/h6-7,15H,3-5H2,1-2H3,(H2,8,9,10);6H,1-2H2,(H,4,5). The lowest BCUT2D eigenvalue weighted by atomic mass is 10.3. The van der Waals surface area contributed by atoms with Crippen molar-refractivity contribution in [3.63, 3.8) is 0 Å². The number of phosphoric acid groups is 1. The van der Waals surface area contributed by atoms with E-state index in [1.807, 2.05) is 6.92 Å². The number of aliphatic carboxylic acids is 1. The largest absolute Gasteiger partial charge is 0.481 e. The molecule has 0 aromatic carbocycles. The predicted molar refractivity (Wildman–Crippen MR) is 83.9 cm³/mol. The van der Waals surface area contributed by atoms with Crippen LogP contribution in [0.5, 0.6) is 0 Å². The van der Waals surface area contributed by atoms with Crippen LogP contribution < -0.4 is 0 Å². The summed E-state index contributed by atoms with van der Waals surface area (Å²) in [5.74, 6) is -0.361. The Hall–Kier alpha value is 0.200. The molecular weight excluding hydrogens is 343 g/mol. The normalized spacial score (nSPS) is 14.0. The third-order valence-corrected chi connectivity index (χ3v) is 2.96. The Kier molecular flexibility index (Phi) is 15.5. The van der Waals surface area contributed by atoms with E-state index in [0.29, 0.717) is 18.8 Å². The maximum atomic E-state index is 10.3. The Morgan fingerprint density at radius 2 is 1.95 bits per heavy atom. The lowest BCUT2D eigenvalue weighted by Crippen LogP contribution is -2.16. The van der Waals surface area contributed by atoms with Crippen molar-refractivity contribution >= 4 is 39.0 Å². The van der Waals surface area contributed by atoms with E-state index in [9.17, 15) is 9.36 Å². The van der Waals surface area contributed by atoms with Crippen LogP contribution in [0.3, 0.4) is 0 Å². The first kappa shape index (κ1) is 23.5. The number of methoxy groups -OCH3 is 1. The number of carboxylic acid groups (broad SMARTS) is 1. The smallest absolute Gasteiger partial charge is 0.469 e. The number of ether oxygens (including phenoxy) is 2. The van der Waals surface area contributed by atoms with Crippen LogP contribution in [0.4, 0.5) is 0 Å². The van der Waals surface area contributed by atoms with Gasteiger partial charge in [0.1, 0.15) is 5.44 Å². The van der Waals surface area contributed by atoms with Crippen molar-refractivity contribution < 1.29 is 38.3 Å². The minimum Gasteiger partial charge on any atom is -0.481 e. The fraction of sp³-hybridized carbons (Fsp3) is 0.900. The van der Waals surface area contributed by atoms with Crippen molar-refractivity contribution in [2.24, 2.45) is 0 Å². The number of thiol groups is 2. The van der Waals surface area contributed by atoms with E-state index in [1.54, 1.807) is 7.11 Å². The molecule has 0 aromatic heterocycles. The molecular formula is C10H23O8PS2. The molecule has 21 heavy (non-hydrogen) atoms. The summed E-state index contributed by atoms with van der Waals surface area (Å²) < 4.78 is 24.6. The lowest BCUT2D eigenvalue weighted by Gasteiger charge is -2.14. The summed E-state index contributed by atoms with van der Waals surface area (Å²) in [6.45, 7) is 2.03. The summed E-state index contributed by atoms with van der Waals surface area (Å²) in [5, 5.41) is 7.86. The summed E-state index contributed by atoms with van der Waals surface area (Å²) in [5.41, 5.74) is -0.651. The summed E-state index contributed by atoms with van der Waals surface area (Å²) in [7, 11) is -2.83. The highest BCUT2D eigenvalue weighted by atomic mass is 32.1. The van der Waals surface area contributed by atoms with Crippen LogP contribution in [0.25, 0.3) is 0 Å². The Bertz CT molecular complexity index is 311. The molecule has 0 amide bonds. The zero-order chi connectivity index (χ0) is 16.9. The molecule has 0 fully saturated rings. The number of hydrogen-bond donors (Lipinski definition) is 5. The van der Waals surface area contributed by atoms with Gasteiger partial charge in [-0.2, -0.15) is 12.6 Å². The van der Waals surface area contributed by atoms with E-state index in [4.69, 9.17) is 24.4 Å². The Balaban J connectivity index is 0. The Morgan fingerprint density at radius 1 is 1.38 bits per heavy atom. The van der Waals surface area contributed by atoms with Gasteiger partial charge in [-0.05, 0) is 13.3 Å². The monoisotopic (exact) mass is 366 g/mol. The molecule has 128 valence electrons. The van der Waals surface area contributed by atoms with E-state index in [0.717, 1.165) is 0 Å². The molecule has 0 radical (unpaired) electrons. The molecule has 0 saturated carbocycles. The summed E-state index contributed by atoms with van der Waals surface area (Å²) in [6.07, 6.45) is 0.917. The predicted octanol–water partition coefficient (Wildman–Crippen LogP) is 1.18. The topological polar surface area (TPSA) is 123 Å². The van der Waals surface area contributed by atoms with Gasteiger partial charge in [0.05, 0.1) is 25.7 Å². The molecule has 0 spiro atoms. The average Bonchev–Trinajstić information content (AvgIpc) is 2.36. The van der Waals surface area contributed by atoms with Gasteiger partial charge in [0.2, 0.25) is 0 Å². The van der Waals surface area contributed by atoms with Gasteiger partial charge in [-0.15, -0.1) is 12.6 Å². The molecule has 0 heterocycles. The van der Waals surface area contributed by atoms with Crippen LogP contribution in [0.15, 0.2) is 0 Å². The van der Waals surface area contributed by atoms with E-state index in [1.165, 1.54) is 0 Å². The Labute approximate surface area is 135 Å². The molecule has 0 aliphatic rings. The third kappa shape index (κ3) is 22.6. The van der Waals surface area contributed by atoms with Crippen LogP contribution in [0.2, 0.25) is 0 Å². The molecule has 11 heteroatoms. The van der Waals surface area contributed by atoms with E-state index in [-0.39, 0.29) is 19.1 Å². The van der Waals surface area contributed by atoms with Gasteiger partial charge in [-0.3, -0.25) is 9.32 Å². The second-order valence-electron chi connectivity index (χ2n) is 3.81. The highest BCUT2D eigenvalue weighted by Crippen LogP contribution is 2.36. The molecule has 3 N–H and O–H groups in total. The molecule has 0 saturated heterocycles. The first-order valence-electron chi connectivity index (χ1n) is 5.97. The molecule has 2 unspecified atom stereocenters. The third-order valence-electron chi connectivity index (χ3n) is 1.95. The van der Waals surface area contributed by atoms with Crippen LogP contribution in [-0.2, 0) is 23.4 Å².